The van der Waals surface area contributed by atoms with Gasteiger partial charge in [-0.1, -0.05) is 6.07 Å². The van der Waals surface area contributed by atoms with E-state index in [1.165, 1.54) is 61.2 Å². The van der Waals surface area contributed by atoms with E-state index in [0.717, 1.165) is 0 Å². The van der Waals surface area contributed by atoms with Gasteiger partial charge < -0.3 is 0 Å². The van der Waals surface area contributed by atoms with E-state index in [-0.39, 0.29) is 4.92 Å². The molecule has 2 aromatic rings. The summed E-state index contributed by atoms with van der Waals surface area (Å²) in [4.78, 5) is -0.278. The van der Waals surface area contributed by atoms with Crippen molar-refractivity contribution in [2.75, 3.05) is 0 Å². The van der Waals surface area contributed by atoms with Gasteiger partial charge in [-0.25, -0.2) is 0 Å². The summed E-state index contributed by atoms with van der Waals surface area (Å²) in [5.74, 6) is 0. The van der Waals surface area contributed by atoms with E-state index in [9.17, 15) is 0 Å². The van der Waals surface area contributed by atoms with Gasteiger partial charge in [-0.2, -0.15) is 0 Å². The summed E-state index contributed by atoms with van der Waals surface area (Å²) in [6.07, 6.45) is 0. The molecule has 0 aliphatic carbocycles. The fourth-order valence-corrected chi connectivity index (χ4v) is 3.10. The van der Waals surface area contributed by atoms with E-state index in [1.54, 1.807) is 0 Å². The van der Waals surface area contributed by atoms with E-state index in [4.69, 9.17) is 0 Å². The summed E-state index contributed by atoms with van der Waals surface area (Å²) < 4.78 is 0. The van der Waals surface area contributed by atoms with Gasteiger partial charge >= 0.3 is 64.9 Å². The third-order valence-corrected chi connectivity index (χ3v) is 6.12. The molecule has 0 unspecified atom stereocenters. The molecule has 0 saturated heterocycles. The first-order chi connectivity index (χ1) is 12.2. The summed E-state index contributed by atoms with van der Waals surface area (Å²) >= 11 is 7.39. The molecular formula is C23H34I3V. The minimum absolute atomic E-state index is 0.278. The van der Waals surface area contributed by atoms with Gasteiger partial charge in [-0.05, 0) is 137 Å². The monoisotopic (exact) mass is 742 g/mol. The second-order valence-corrected chi connectivity index (χ2v) is 42.7. The van der Waals surface area contributed by atoms with Crippen LogP contribution in [0, 0.1) is 76.2 Å². The molecule has 27 heavy (non-hydrogen) atoms. The topological polar surface area (TPSA) is 0 Å². The normalized spacial score (nSPS) is 10.2. The van der Waals surface area contributed by atoms with Crippen LogP contribution in [-0.4, -0.2) is 0 Å². The van der Waals surface area contributed by atoms with Crippen LogP contribution < -0.4 is 0 Å². The van der Waals surface area contributed by atoms with Gasteiger partial charge in [0, 0.05) is 0 Å². The molecule has 0 aliphatic rings. The average Bonchev–Trinajstić information content (AvgIpc) is 2.60. The standard InChI is InChI=1S/C12H18.C11H16.3HI.V/c1-7-8(2)10(4)12(6)11(5)9(7)3;1-7-6-8(2)10(4)11(5)9(7)3;;;;/h1-6H3;6H,1-5H3;3*1H;/q;;;;;+3/p-3. The molecule has 0 bridgehead atoms. The molecule has 0 aromatic heterocycles. The van der Waals surface area contributed by atoms with Crippen LogP contribution in [0.4, 0.5) is 0 Å². The first-order valence-corrected chi connectivity index (χ1v) is 22.6. The van der Waals surface area contributed by atoms with E-state index in [2.05, 4.69) is 142 Å². The molecule has 0 nitrogen and oxygen atoms in total. The Morgan fingerprint density at radius 2 is 0.556 bits per heavy atom. The van der Waals surface area contributed by atoms with Gasteiger partial charge in [0.15, 0.2) is 0 Å². The molecule has 0 radical (unpaired) electrons. The number of benzene rings is 2. The van der Waals surface area contributed by atoms with E-state index >= 15 is 0 Å². The van der Waals surface area contributed by atoms with Gasteiger partial charge in [-0.3, -0.25) is 0 Å². The Hall–Kier alpha value is 1.21. The number of rotatable bonds is 0. The molecule has 0 aliphatic heterocycles. The quantitative estimate of drug-likeness (QED) is 0.236. The summed E-state index contributed by atoms with van der Waals surface area (Å²) in [5.41, 5.74) is 15.9. The van der Waals surface area contributed by atoms with Crippen LogP contribution in [0.3, 0.4) is 0 Å². The molecule has 0 atom stereocenters. The van der Waals surface area contributed by atoms with Gasteiger partial charge in [-0.15, -0.1) is 0 Å². The zero-order valence-electron chi connectivity index (χ0n) is 18.7. The Balaban J connectivity index is 0.000000421. The fraction of sp³-hybridized carbons (Fsp3) is 0.478. The second-order valence-electron chi connectivity index (χ2n) is 7.33. The van der Waals surface area contributed by atoms with Gasteiger partial charge in [0.2, 0.25) is 0 Å². The molecule has 0 saturated carbocycles. The fourth-order valence-electron chi connectivity index (χ4n) is 3.10. The molecule has 152 valence electrons. The summed E-state index contributed by atoms with van der Waals surface area (Å²) in [5, 5.41) is 0. The van der Waals surface area contributed by atoms with Crippen LogP contribution in [0.1, 0.15) is 61.2 Å². The number of aryl methyl sites for hydroxylation is 2. The van der Waals surface area contributed by atoms with Crippen molar-refractivity contribution in [3.8, 4) is 0 Å². The second kappa shape index (κ2) is 12.8. The maximum atomic E-state index is 2.46. The van der Waals surface area contributed by atoms with Crippen LogP contribution in [0.25, 0.3) is 0 Å². The van der Waals surface area contributed by atoms with Crippen molar-refractivity contribution < 1.29 is 4.92 Å². The predicted octanol–water partition coefficient (Wildman–Crippen LogP) is 9.42. The molecule has 0 amide bonds. The molecular weight excluding hydrogens is 708 g/mol. The first kappa shape index (κ1) is 28.2. The maximum absolute atomic E-state index is 2.46. The summed E-state index contributed by atoms with van der Waals surface area (Å²) in [7, 11) is 0. The summed E-state index contributed by atoms with van der Waals surface area (Å²) in [6.45, 7) is 24.2. The number of hydrogen-bond acceptors (Lipinski definition) is 0. The SMILES string of the molecule is Cc1c(C)c(C)c(C)c(C)c1C.Cc1cc(C)c(C)c(C)c1C.[I][V]([I])[I]. The van der Waals surface area contributed by atoms with Crippen molar-refractivity contribution in [2.24, 2.45) is 0 Å². The number of halogens is 3. The molecule has 0 spiro atoms. The van der Waals surface area contributed by atoms with E-state index in [1.807, 2.05) is 0 Å². The molecule has 2 rings (SSSR count). The van der Waals surface area contributed by atoms with E-state index in [0.29, 0.717) is 0 Å². The predicted molar refractivity (Wildman–Crippen MR) is 147 cm³/mol. The summed E-state index contributed by atoms with van der Waals surface area (Å²) in [6, 6.07) is 2.26. The zero-order valence-corrected chi connectivity index (χ0v) is 26.5. The third-order valence-electron chi connectivity index (χ3n) is 6.12. The van der Waals surface area contributed by atoms with Crippen molar-refractivity contribution in [2.45, 2.75) is 76.2 Å². The first-order valence-electron chi connectivity index (χ1n) is 9.08. The van der Waals surface area contributed by atoms with Gasteiger partial charge in [0.1, 0.15) is 0 Å². The molecule has 0 N–H and O–H groups in total. The van der Waals surface area contributed by atoms with Gasteiger partial charge in [0.05, 0.1) is 0 Å². The Bertz CT molecular complexity index is 659. The minimum atomic E-state index is -0.278. The number of hydrogen-bond donors (Lipinski definition) is 0. The third kappa shape index (κ3) is 8.46. The van der Waals surface area contributed by atoms with Crippen LogP contribution in [0.5, 0.6) is 0 Å². The van der Waals surface area contributed by atoms with Crippen LogP contribution in [0.2, 0.25) is 0 Å². The van der Waals surface area contributed by atoms with Crippen molar-refractivity contribution in [1.29, 1.82) is 0 Å². The van der Waals surface area contributed by atoms with Crippen molar-refractivity contribution in [1.82, 2.24) is 0 Å². The molecule has 0 heterocycles. The Kier molecular flexibility index (Phi) is 13.4. The van der Waals surface area contributed by atoms with Crippen molar-refractivity contribution in [3.05, 3.63) is 67.3 Å². The van der Waals surface area contributed by atoms with Crippen molar-refractivity contribution >= 4 is 59.9 Å². The average molecular weight is 742 g/mol. The van der Waals surface area contributed by atoms with Crippen LogP contribution >= 0.6 is 59.9 Å². The molecule has 4 heteroatoms. The van der Waals surface area contributed by atoms with Gasteiger partial charge in [0.25, 0.3) is 0 Å². The zero-order chi connectivity index (χ0) is 21.6. The Morgan fingerprint density at radius 3 is 0.741 bits per heavy atom. The van der Waals surface area contributed by atoms with Crippen LogP contribution in [-0.2, 0) is 4.92 Å². The van der Waals surface area contributed by atoms with E-state index < -0.39 is 0 Å². The van der Waals surface area contributed by atoms with Crippen molar-refractivity contribution in [3.63, 3.8) is 0 Å². The van der Waals surface area contributed by atoms with Crippen LogP contribution in [0.15, 0.2) is 6.07 Å². The molecule has 2 aromatic carbocycles. The molecule has 0 fully saturated rings. The Labute approximate surface area is 205 Å². The Morgan fingerprint density at radius 1 is 0.407 bits per heavy atom.